The molecule has 1 aliphatic heterocycles. The molecule has 1 saturated heterocycles. The monoisotopic (exact) mass is 343 g/mol. The summed E-state index contributed by atoms with van der Waals surface area (Å²) >= 11 is 1.74. The molecular formula is C17H21N5OS. The molecule has 1 aliphatic rings. The predicted octanol–water partition coefficient (Wildman–Crippen LogP) is 2.09. The smallest absolute Gasteiger partial charge is 0.142 e. The third-order valence-corrected chi connectivity index (χ3v) is 5.40. The summed E-state index contributed by atoms with van der Waals surface area (Å²) in [5.74, 6) is 0.986. The molecule has 0 spiro atoms. The second kappa shape index (κ2) is 6.88. The second-order valence-corrected chi connectivity index (χ2v) is 6.93. The zero-order valence-electron chi connectivity index (χ0n) is 13.4. The van der Waals surface area contributed by atoms with Gasteiger partial charge in [-0.15, -0.1) is 0 Å². The molecule has 1 fully saturated rings. The van der Waals surface area contributed by atoms with E-state index in [1.165, 1.54) is 5.56 Å². The Morgan fingerprint density at radius 1 is 1.29 bits per heavy atom. The lowest BCUT2D eigenvalue weighted by Gasteiger charge is -2.42. The first-order chi connectivity index (χ1) is 11.8. The minimum atomic E-state index is 0.210. The number of piperazine rings is 1. The second-order valence-electron chi connectivity index (χ2n) is 6.15. The molecule has 0 aliphatic carbocycles. The van der Waals surface area contributed by atoms with E-state index in [1.54, 1.807) is 17.7 Å². The lowest BCUT2D eigenvalue weighted by atomic mass is 10.1. The van der Waals surface area contributed by atoms with Crippen molar-refractivity contribution in [2.24, 2.45) is 0 Å². The van der Waals surface area contributed by atoms with Crippen molar-refractivity contribution in [1.29, 1.82) is 0 Å². The zero-order chi connectivity index (χ0) is 16.4. The SMILES string of the molecule is OCCC1CN(c2ncnc3[nH]ccc23)CCN1Cc1ccsc1. The summed E-state index contributed by atoms with van der Waals surface area (Å²) in [6, 6.07) is 4.54. The van der Waals surface area contributed by atoms with Crippen LogP contribution >= 0.6 is 11.3 Å². The fourth-order valence-corrected chi connectivity index (χ4v) is 4.10. The van der Waals surface area contributed by atoms with E-state index in [1.807, 2.05) is 12.3 Å². The molecule has 4 heterocycles. The van der Waals surface area contributed by atoms with Gasteiger partial charge in [0.05, 0.1) is 5.39 Å². The topological polar surface area (TPSA) is 68.3 Å². The number of hydrogen-bond donors (Lipinski definition) is 2. The average molecular weight is 343 g/mol. The highest BCUT2D eigenvalue weighted by Crippen LogP contribution is 2.26. The summed E-state index contributed by atoms with van der Waals surface area (Å²) < 4.78 is 0. The van der Waals surface area contributed by atoms with Gasteiger partial charge in [-0.25, -0.2) is 9.97 Å². The van der Waals surface area contributed by atoms with Crippen LogP contribution in [0.5, 0.6) is 0 Å². The Kier molecular flexibility index (Phi) is 4.46. The Morgan fingerprint density at radius 3 is 3.08 bits per heavy atom. The molecule has 4 rings (SSSR count). The van der Waals surface area contributed by atoms with Crippen LogP contribution < -0.4 is 4.90 Å². The van der Waals surface area contributed by atoms with Gasteiger partial charge in [0, 0.05) is 45.0 Å². The van der Waals surface area contributed by atoms with Crippen molar-refractivity contribution in [3.63, 3.8) is 0 Å². The Morgan fingerprint density at radius 2 is 2.25 bits per heavy atom. The molecule has 1 unspecified atom stereocenters. The maximum Gasteiger partial charge on any atom is 0.142 e. The molecule has 3 aromatic heterocycles. The maximum absolute atomic E-state index is 9.48. The number of anilines is 1. The van der Waals surface area contributed by atoms with Gasteiger partial charge in [0.15, 0.2) is 0 Å². The van der Waals surface area contributed by atoms with E-state index in [2.05, 4.69) is 41.6 Å². The molecule has 0 aromatic carbocycles. The number of thiophene rings is 1. The van der Waals surface area contributed by atoms with Crippen molar-refractivity contribution < 1.29 is 5.11 Å². The highest BCUT2D eigenvalue weighted by Gasteiger charge is 2.28. The Labute approximate surface area is 144 Å². The largest absolute Gasteiger partial charge is 0.396 e. The average Bonchev–Trinajstić information content (AvgIpc) is 3.27. The van der Waals surface area contributed by atoms with E-state index in [-0.39, 0.29) is 6.61 Å². The van der Waals surface area contributed by atoms with Gasteiger partial charge in [-0.1, -0.05) is 0 Å². The molecule has 0 saturated carbocycles. The molecule has 0 amide bonds. The van der Waals surface area contributed by atoms with Gasteiger partial charge in [0.1, 0.15) is 17.8 Å². The lowest BCUT2D eigenvalue weighted by Crippen LogP contribution is -2.53. The standard InChI is InChI=1S/C17H21N5OS/c23-7-2-14-10-22(6-5-21(14)9-13-3-8-24-11-13)17-15-1-4-18-16(15)19-12-20-17/h1,3-4,8,11-12,14,23H,2,5-7,9-10H2,(H,18,19,20). The third-order valence-electron chi connectivity index (χ3n) is 4.67. The summed E-state index contributed by atoms with van der Waals surface area (Å²) in [4.78, 5) is 16.7. The van der Waals surface area contributed by atoms with Crippen LogP contribution in [0.2, 0.25) is 0 Å². The number of nitrogens with one attached hydrogen (secondary N) is 1. The number of H-pyrrole nitrogens is 1. The Hall–Kier alpha value is -1.96. The number of aromatic amines is 1. The van der Waals surface area contributed by atoms with Gasteiger partial charge in [0.25, 0.3) is 0 Å². The van der Waals surface area contributed by atoms with Crippen LogP contribution in [0.3, 0.4) is 0 Å². The molecule has 126 valence electrons. The van der Waals surface area contributed by atoms with Crippen molar-refractivity contribution in [1.82, 2.24) is 19.9 Å². The van der Waals surface area contributed by atoms with E-state index in [0.29, 0.717) is 6.04 Å². The number of aromatic nitrogens is 3. The van der Waals surface area contributed by atoms with Gasteiger partial charge >= 0.3 is 0 Å². The fourth-order valence-electron chi connectivity index (χ4n) is 3.44. The van der Waals surface area contributed by atoms with E-state index < -0.39 is 0 Å². The summed E-state index contributed by atoms with van der Waals surface area (Å²) in [5, 5.41) is 14.9. The minimum Gasteiger partial charge on any atom is -0.396 e. The van der Waals surface area contributed by atoms with Gasteiger partial charge in [-0.3, -0.25) is 4.90 Å². The summed E-state index contributed by atoms with van der Waals surface area (Å²) in [7, 11) is 0. The first-order valence-corrected chi connectivity index (χ1v) is 9.18. The van der Waals surface area contributed by atoms with Gasteiger partial charge < -0.3 is 15.0 Å². The molecule has 3 aromatic rings. The van der Waals surface area contributed by atoms with E-state index in [0.717, 1.165) is 49.5 Å². The first kappa shape index (κ1) is 15.6. The quantitative estimate of drug-likeness (QED) is 0.742. The predicted molar refractivity (Wildman–Crippen MR) is 96.3 cm³/mol. The molecule has 0 bridgehead atoms. The Balaban J connectivity index is 1.54. The van der Waals surface area contributed by atoms with Crippen LogP contribution in [-0.2, 0) is 6.54 Å². The van der Waals surface area contributed by atoms with Gasteiger partial charge in [-0.2, -0.15) is 11.3 Å². The number of nitrogens with zero attached hydrogens (tertiary/aromatic N) is 4. The van der Waals surface area contributed by atoms with Crippen LogP contribution in [0, 0.1) is 0 Å². The number of aliphatic hydroxyl groups excluding tert-OH is 1. The number of rotatable bonds is 5. The van der Waals surface area contributed by atoms with Crippen LogP contribution in [0.15, 0.2) is 35.4 Å². The summed E-state index contributed by atoms with van der Waals surface area (Å²) in [6.07, 6.45) is 4.30. The highest BCUT2D eigenvalue weighted by atomic mass is 32.1. The lowest BCUT2D eigenvalue weighted by molar-refractivity contribution is 0.135. The highest BCUT2D eigenvalue weighted by molar-refractivity contribution is 7.07. The summed E-state index contributed by atoms with van der Waals surface area (Å²) in [5.41, 5.74) is 2.23. The molecule has 2 N–H and O–H groups in total. The van der Waals surface area contributed by atoms with Gasteiger partial charge in [0.2, 0.25) is 0 Å². The van der Waals surface area contributed by atoms with Crippen molar-refractivity contribution in [2.45, 2.75) is 19.0 Å². The first-order valence-electron chi connectivity index (χ1n) is 8.24. The molecular weight excluding hydrogens is 322 g/mol. The normalized spacial score (nSPS) is 19.2. The van der Waals surface area contributed by atoms with Crippen LogP contribution in [-0.4, -0.2) is 57.2 Å². The van der Waals surface area contributed by atoms with Crippen LogP contribution in [0.1, 0.15) is 12.0 Å². The van der Waals surface area contributed by atoms with Gasteiger partial charge in [-0.05, 0) is 34.9 Å². The molecule has 6 nitrogen and oxygen atoms in total. The van der Waals surface area contributed by atoms with E-state index in [9.17, 15) is 5.11 Å². The Bertz CT molecular complexity index is 787. The van der Waals surface area contributed by atoms with Crippen LogP contribution in [0.25, 0.3) is 11.0 Å². The number of hydrogen-bond acceptors (Lipinski definition) is 6. The zero-order valence-corrected chi connectivity index (χ0v) is 14.2. The van der Waals surface area contributed by atoms with E-state index in [4.69, 9.17) is 0 Å². The molecule has 0 radical (unpaired) electrons. The molecule has 1 atom stereocenters. The van der Waals surface area contributed by atoms with Crippen molar-refractivity contribution in [3.05, 3.63) is 41.0 Å². The maximum atomic E-state index is 9.48. The molecule has 24 heavy (non-hydrogen) atoms. The minimum absolute atomic E-state index is 0.210. The van der Waals surface area contributed by atoms with Crippen molar-refractivity contribution in [2.75, 3.05) is 31.1 Å². The number of fused-ring (bicyclic) bond motifs is 1. The summed E-state index contributed by atoms with van der Waals surface area (Å²) in [6.45, 7) is 3.94. The molecule has 7 heteroatoms. The van der Waals surface area contributed by atoms with Crippen molar-refractivity contribution in [3.8, 4) is 0 Å². The third kappa shape index (κ3) is 3.02. The van der Waals surface area contributed by atoms with E-state index >= 15 is 0 Å². The number of aliphatic hydroxyl groups is 1. The fraction of sp³-hybridized carbons (Fsp3) is 0.412. The van der Waals surface area contributed by atoms with Crippen molar-refractivity contribution >= 4 is 28.2 Å². The van der Waals surface area contributed by atoms with Crippen LogP contribution in [0.4, 0.5) is 5.82 Å².